The number of aryl methyl sites for hydroxylation is 1. The number of esters is 1. The van der Waals surface area contributed by atoms with Crippen molar-refractivity contribution in [2.45, 2.75) is 122 Å². The molecule has 0 aliphatic carbocycles. The summed E-state index contributed by atoms with van der Waals surface area (Å²) in [5.74, 6) is 1.84. The van der Waals surface area contributed by atoms with E-state index in [1.165, 1.54) is 20.0 Å². The molecule has 0 spiro atoms. The summed E-state index contributed by atoms with van der Waals surface area (Å²) < 4.78 is 24.4. The molecule has 1 rings (SSSR count). The van der Waals surface area contributed by atoms with E-state index < -0.39 is 17.6 Å². The van der Waals surface area contributed by atoms with Gasteiger partial charge in [0.05, 0.1) is 5.69 Å². The zero-order valence-electron chi connectivity index (χ0n) is 25.1. The molecule has 230 valence electrons. The van der Waals surface area contributed by atoms with E-state index in [9.17, 15) is 14.0 Å². The van der Waals surface area contributed by atoms with Crippen LogP contribution in [0.2, 0.25) is 0 Å². The van der Waals surface area contributed by atoms with Gasteiger partial charge in [0.25, 0.3) is 0 Å². The first-order valence-corrected chi connectivity index (χ1v) is 14.9. The van der Waals surface area contributed by atoms with Crippen LogP contribution in [0.5, 0.6) is 0 Å². The lowest BCUT2D eigenvalue weighted by Crippen LogP contribution is -2.36. The summed E-state index contributed by atoms with van der Waals surface area (Å²) in [6.45, 7) is 3.70. The zero-order valence-corrected chi connectivity index (χ0v) is 25.1. The van der Waals surface area contributed by atoms with Gasteiger partial charge in [-0.25, -0.2) is 4.98 Å². The summed E-state index contributed by atoms with van der Waals surface area (Å²) in [7, 11) is 1.53. The van der Waals surface area contributed by atoms with Crippen molar-refractivity contribution in [2.75, 3.05) is 19.5 Å². The molecule has 1 aromatic rings. The highest BCUT2D eigenvalue weighted by Gasteiger charge is 2.29. The largest absolute Gasteiger partial charge is 0.481 e. The van der Waals surface area contributed by atoms with Gasteiger partial charge in [0.2, 0.25) is 0 Å². The molecule has 0 bridgehead atoms. The van der Waals surface area contributed by atoms with Crippen LogP contribution in [-0.4, -0.2) is 52.5 Å². The van der Waals surface area contributed by atoms with Crippen molar-refractivity contribution in [3.8, 4) is 12.3 Å². The van der Waals surface area contributed by atoms with Crippen molar-refractivity contribution in [1.82, 2.24) is 9.97 Å². The van der Waals surface area contributed by atoms with E-state index in [4.69, 9.17) is 26.7 Å². The Hall–Kier alpha value is -3.06. The van der Waals surface area contributed by atoms with Crippen molar-refractivity contribution in [2.24, 2.45) is 10.9 Å². The van der Waals surface area contributed by atoms with Gasteiger partial charge in [0.15, 0.2) is 11.4 Å². The molecule has 2 unspecified atom stereocenters. The van der Waals surface area contributed by atoms with E-state index >= 15 is 0 Å². The van der Waals surface area contributed by atoms with Crippen LogP contribution in [0, 0.1) is 31.3 Å². The van der Waals surface area contributed by atoms with Gasteiger partial charge in [-0.1, -0.05) is 64.2 Å². The number of terminal acetylenes is 1. The molecule has 9 nitrogen and oxygen atoms in total. The summed E-state index contributed by atoms with van der Waals surface area (Å²) in [6.07, 6.45) is 20.5. The number of ether oxygens (including phenoxy) is 2. The Bertz CT molecular complexity index is 974. The summed E-state index contributed by atoms with van der Waals surface area (Å²) in [4.78, 5) is 34.4. The number of nitrogen functional groups attached to an aromatic ring is 1. The Morgan fingerprint density at radius 1 is 1.07 bits per heavy atom. The number of nitrogens with zero attached hydrogens (tertiary/aromatic N) is 3. The molecule has 1 aromatic heterocycles. The van der Waals surface area contributed by atoms with Crippen LogP contribution >= 0.6 is 0 Å². The minimum absolute atomic E-state index is 0.00643. The average molecular weight is 577 g/mol. The van der Waals surface area contributed by atoms with E-state index in [1.807, 2.05) is 6.92 Å². The lowest BCUT2D eigenvalue weighted by molar-refractivity contribution is -0.150. The van der Waals surface area contributed by atoms with E-state index in [0.29, 0.717) is 24.2 Å². The quantitative estimate of drug-likeness (QED) is 0.0481. The fraction of sp³-hybridized carbons (Fsp3) is 0.710. The second-order valence-electron chi connectivity index (χ2n) is 10.6. The number of carboxylic acid groups (broad SMARTS) is 1. The normalized spacial score (nSPS) is 13.5. The highest BCUT2D eigenvalue weighted by atomic mass is 19.1. The second kappa shape index (κ2) is 20.8. The fourth-order valence-corrected chi connectivity index (χ4v) is 4.56. The molecule has 41 heavy (non-hydrogen) atoms. The molecule has 3 N–H and O–H groups in total. The Balaban J connectivity index is 2.29. The van der Waals surface area contributed by atoms with Crippen molar-refractivity contribution < 1.29 is 28.6 Å². The number of rotatable bonds is 23. The molecule has 10 heteroatoms. The Morgan fingerprint density at radius 2 is 1.66 bits per heavy atom. The maximum Gasteiger partial charge on any atom is 0.310 e. The number of methoxy groups -OCH3 is 1. The maximum atomic E-state index is 13.3. The van der Waals surface area contributed by atoms with Crippen LogP contribution in [0.1, 0.15) is 115 Å². The Kier molecular flexibility index (Phi) is 18.2. The van der Waals surface area contributed by atoms with E-state index in [2.05, 4.69) is 20.9 Å². The Labute approximate surface area is 244 Å². The molecule has 0 saturated heterocycles. The first-order valence-electron chi connectivity index (χ1n) is 14.9. The molecule has 0 fully saturated rings. The van der Waals surface area contributed by atoms with Gasteiger partial charge in [0.1, 0.15) is 12.3 Å². The van der Waals surface area contributed by atoms with Crippen molar-refractivity contribution in [1.29, 1.82) is 0 Å². The SMILES string of the molecule is C#CC(CCCC(C=Nc1c(C)nc(F)nc1N)CC)(COC(=O)CCCCCCCCCCCCC(=O)O)OC. The van der Waals surface area contributed by atoms with E-state index in [1.54, 1.807) is 13.1 Å². The molecule has 0 radical (unpaired) electrons. The summed E-state index contributed by atoms with van der Waals surface area (Å²) in [5.41, 5.74) is 5.56. The van der Waals surface area contributed by atoms with Gasteiger partial charge >= 0.3 is 18.0 Å². The average Bonchev–Trinajstić information content (AvgIpc) is 2.93. The topological polar surface area (TPSA) is 137 Å². The maximum absolute atomic E-state index is 13.3. The number of aliphatic imine (C=N–C) groups is 1. The first kappa shape index (κ1) is 36.0. The molecule has 2 atom stereocenters. The van der Waals surface area contributed by atoms with Gasteiger partial charge < -0.3 is 20.3 Å². The smallest absolute Gasteiger partial charge is 0.310 e. The highest BCUT2D eigenvalue weighted by molar-refractivity contribution is 5.71. The number of carbonyl (C=O) groups excluding carboxylic acids is 1. The number of aromatic nitrogens is 2. The summed E-state index contributed by atoms with van der Waals surface area (Å²) >= 11 is 0. The van der Waals surface area contributed by atoms with Crippen LogP contribution in [0.4, 0.5) is 15.9 Å². The van der Waals surface area contributed by atoms with Gasteiger partial charge in [-0.15, -0.1) is 6.42 Å². The van der Waals surface area contributed by atoms with Crippen LogP contribution in [-0.2, 0) is 19.1 Å². The Morgan fingerprint density at radius 3 is 2.17 bits per heavy atom. The van der Waals surface area contributed by atoms with Crippen molar-refractivity contribution in [3.05, 3.63) is 11.8 Å². The van der Waals surface area contributed by atoms with Crippen LogP contribution in [0.25, 0.3) is 0 Å². The van der Waals surface area contributed by atoms with Crippen LogP contribution < -0.4 is 5.73 Å². The predicted octanol–water partition coefficient (Wildman–Crippen LogP) is 6.73. The standard InChI is InChI=1S/C31H49FN4O5/c1-5-25(22-34-28-24(3)35-30(32)36-29(28)33)18-17-21-31(6-2,40-4)23-41-27(39)20-16-14-12-10-8-7-9-11-13-15-19-26(37)38/h2,22,25H,5,7-21,23H2,1,3-4H3,(H,37,38)(H2,33,35,36). The molecule has 0 aliphatic heterocycles. The molecular formula is C31H49FN4O5. The molecule has 0 aromatic carbocycles. The van der Waals surface area contributed by atoms with Crippen LogP contribution in [0.15, 0.2) is 4.99 Å². The van der Waals surface area contributed by atoms with E-state index in [-0.39, 0.29) is 30.7 Å². The highest BCUT2D eigenvalue weighted by Crippen LogP contribution is 2.25. The molecule has 0 aliphatic rings. The monoisotopic (exact) mass is 576 g/mol. The number of anilines is 1. The molecule has 1 heterocycles. The molecule has 0 saturated carbocycles. The second-order valence-corrected chi connectivity index (χ2v) is 10.6. The number of unbranched alkanes of at least 4 members (excludes halogenated alkanes) is 9. The first-order chi connectivity index (χ1) is 19.7. The predicted molar refractivity (Wildman–Crippen MR) is 159 cm³/mol. The number of hydrogen-bond acceptors (Lipinski definition) is 8. The number of carbonyl (C=O) groups is 2. The lowest BCUT2D eigenvalue weighted by Gasteiger charge is -2.27. The number of halogens is 1. The summed E-state index contributed by atoms with van der Waals surface area (Å²) in [5, 5.41) is 8.64. The number of carboxylic acids is 1. The third-order valence-corrected chi connectivity index (χ3v) is 7.29. The number of nitrogens with two attached hydrogens (primary N) is 1. The van der Waals surface area contributed by atoms with Gasteiger partial charge in [-0.2, -0.15) is 9.37 Å². The third kappa shape index (κ3) is 15.5. The molecular weight excluding hydrogens is 527 g/mol. The minimum Gasteiger partial charge on any atom is -0.481 e. The zero-order chi connectivity index (χ0) is 30.5. The minimum atomic E-state index is -0.982. The van der Waals surface area contributed by atoms with Gasteiger partial charge in [-0.3, -0.25) is 14.6 Å². The molecule has 0 amide bonds. The third-order valence-electron chi connectivity index (χ3n) is 7.29. The fourth-order valence-electron chi connectivity index (χ4n) is 4.56. The summed E-state index contributed by atoms with van der Waals surface area (Å²) in [6, 6.07) is 0. The van der Waals surface area contributed by atoms with E-state index in [0.717, 1.165) is 70.6 Å². The van der Waals surface area contributed by atoms with Crippen molar-refractivity contribution in [3.63, 3.8) is 0 Å². The van der Waals surface area contributed by atoms with Crippen LogP contribution in [0.3, 0.4) is 0 Å². The van der Waals surface area contributed by atoms with Gasteiger partial charge in [0, 0.05) is 26.2 Å². The van der Waals surface area contributed by atoms with Gasteiger partial charge in [-0.05, 0) is 51.4 Å². The lowest BCUT2D eigenvalue weighted by atomic mass is 9.93. The number of aliphatic carboxylic acids is 1. The van der Waals surface area contributed by atoms with Crippen molar-refractivity contribution >= 4 is 29.7 Å². The number of hydrogen-bond donors (Lipinski definition) is 2.